The summed E-state index contributed by atoms with van der Waals surface area (Å²) in [6.45, 7) is 14.4. The minimum absolute atomic E-state index is 0.00265. The van der Waals surface area contributed by atoms with E-state index in [4.69, 9.17) is 28.4 Å². The number of aliphatic hydroxyl groups is 1. The molecule has 3 amide bonds. The molecule has 1 aromatic heterocycles. The van der Waals surface area contributed by atoms with Crippen LogP contribution in [0, 0.1) is 18.3 Å². The van der Waals surface area contributed by atoms with E-state index < -0.39 is 23.5 Å². The Morgan fingerprint density at radius 2 is 1.28 bits per heavy atom. The van der Waals surface area contributed by atoms with Crippen molar-refractivity contribution in [3.8, 4) is 16.2 Å². The van der Waals surface area contributed by atoms with E-state index in [9.17, 15) is 24.3 Å². The lowest BCUT2D eigenvalue weighted by molar-refractivity contribution is -0.146. The number of β-amino-alcohol motifs (C(OH)–C–C–N with tert-alkyl or cyclic N) is 1. The van der Waals surface area contributed by atoms with E-state index in [-0.39, 0.29) is 68.9 Å². The zero-order chi connectivity index (χ0) is 55.7. The normalized spacial score (nSPS) is 15.2. The van der Waals surface area contributed by atoms with Gasteiger partial charge in [0.05, 0.1) is 101 Å². The third-order valence-electron chi connectivity index (χ3n) is 13.6. The second-order valence-electron chi connectivity index (χ2n) is 20.4. The molecule has 0 radical (unpaired) electrons. The molecule has 0 bridgehead atoms. The Morgan fingerprint density at radius 3 is 1.83 bits per heavy atom. The molecule has 2 heterocycles. The number of aromatic nitrogens is 1. The van der Waals surface area contributed by atoms with Crippen molar-refractivity contribution in [1.82, 2.24) is 20.1 Å². The summed E-state index contributed by atoms with van der Waals surface area (Å²) >= 11 is 1.58. The van der Waals surface area contributed by atoms with Crippen molar-refractivity contribution in [2.45, 2.75) is 85.4 Å². The van der Waals surface area contributed by atoms with Crippen LogP contribution in [0.15, 0.2) is 115 Å². The van der Waals surface area contributed by atoms with Crippen LogP contribution in [0.3, 0.4) is 0 Å². The maximum Gasteiger partial charge on any atom is 0.243 e. The van der Waals surface area contributed by atoms with Crippen LogP contribution in [0.25, 0.3) is 21.6 Å². The lowest BCUT2D eigenvalue weighted by Gasteiger charge is -2.34. The molecular formula is C62H80N4O11S. The molecule has 15 nitrogen and oxygen atoms in total. The predicted octanol–water partition coefficient (Wildman–Crippen LogP) is 9.09. The van der Waals surface area contributed by atoms with Gasteiger partial charge in [-0.25, -0.2) is 4.98 Å². The van der Waals surface area contributed by atoms with E-state index in [1.54, 1.807) is 23.3 Å². The van der Waals surface area contributed by atoms with Gasteiger partial charge in [0.2, 0.25) is 17.7 Å². The highest BCUT2D eigenvalue weighted by molar-refractivity contribution is 7.13. The van der Waals surface area contributed by atoms with Crippen LogP contribution in [-0.2, 0) is 49.4 Å². The number of rotatable bonds is 33. The van der Waals surface area contributed by atoms with Crippen molar-refractivity contribution < 1.29 is 52.7 Å². The molecular weight excluding hydrogens is 1010 g/mol. The van der Waals surface area contributed by atoms with Gasteiger partial charge in [-0.15, -0.1) is 11.3 Å². The molecule has 0 spiro atoms. The van der Waals surface area contributed by atoms with Crippen LogP contribution < -0.4 is 10.1 Å². The second kappa shape index (κ2) is 32.1. The molecule has 1 aliphatic rings. The van der Waals surface area contributed by atoms with Crippen molar-refractivity contribution in [1.29, 1.82) is 0 Å². The van der Waals surface area contributed by atoms with Crippen molar-refractivity contribution in [3.05, 3.63) is 143 Å². The van der Waals surface area contributed by atoms with Crippen molar-refractivity contribution in [3.63, 3.8) is 0 Å². The molecule has 1 saturated heterocycles. The van der Waals surface area contributed by atoms with E-state index in [1.807, 2.05) is 81.7 Å². The number of aliphatic hydroxyl groups excluding tert-OH is 1. The number of likely N-dealkylation sites (tertiary alicyclic amines) is 1. The number of Topliss-reactive ketones (excluding diaryl/α,β-unsaturated/α-hetero) is 1. The number of allylic oxidation sites excluding steroid dienone is 1. The number of likely N-dealkylation sites (N-methyl/N-ethyl adjacent to an activating group) is 1. The van der Waals surface area contributed by atoms with E-state index in [2.05, 4.69) is 77.9 Å². The van der Waals surface area contributed by atoms with E-state index in [0.717, 1.165) is 39.4 Å². The fraction of sp³-hybridized carbons (Fsp3) is 0.468. The van der Waals surface area contributed by atoms with Crippen LogP contribution in [0.4, 0.5) is 0 Å². The molecule has 1 fully saturated rings. The highest BCUT2D eigenvalue weighted by Crippen LogP contribution is 2.36. The van der Waals surface area contributed by atoms with Crippen molar-refractivity contribution in [2.24, 2.45) is 11.3 Å². The summed E-state index contributed by atoms with van der Waals surface area (Å²) in [7, 11) is 1.77. The molecule has 2 N–H and O–H groups in total. The minimum atomic E-state index is -0.838. The number of nitrogens with one attached hydrogen (secondary N) is 1. The Kier molecular flexibility index (Phi) is 25.1. The Hall–Kier alpha value is -6.11. The number of benzene rings is 4. The summed E-state index contributed by atoms with van der Waals surface area (Å²) in [6, 6.07) is 36.2. The van der Waals surface area contributed by atoms with Gasteiger partial charge in [-0.2, -0.15) is 0 Å². The van der Waals surface area contributed by atoms with Crippen LogP contribution in [0.5, 0.6) is 5.75 Å². The van der Waals surface area contributed by atoms with Gasteiger partial charge in [0.25, 0.3) is 0 Å². The lowest BCUT2D eigenvalue weighted by Crippen LogP contribution is -2.50. The summed E-state index contributed by atoms with van der Waals surface area (Å²) < 4.78 is 34.1. The summed E-state index contributed by atoms with van der Waals surface area (Å²) in [6.07, 6.45) is 0.582. The SMILES string of the molecule is CC/C(=C(\c1ccccc1)c1ccc(OCCN(C)C(=O)CCOCCOCCOCCOCCOCCC(=O)C[C@H](C(=O)N2C[C@H](O)C[C@H]2C(=O)NCc2ccc(-c3scnc3C)cc2)C(C)(C)C)cc1)c1ccccc1. The maximum atomic E-state index is 14.0. The number of ketones is 1. The molecule has 4 aromatic carbocycles. The van der Waals surface area contributed by atoms with Crippen LogP contribution in [0.1, 0.15) is 87.7 Å². The quantitative estimate of drug-likeness (QED) is 0.0302. The number of amides is 3. The van der Waals surface area contributed by atoms with Gasteiger partial charge in [0.15, 0.2) is 0 Å². The third-order valence-corrected chi connectivity index (χ3v) is 14.6. The molecule has 0 saturated carbocycles. The summed E-state index contributed by atoms with van der Waals surface area (Å²) in [5.74, 6) is -0.725. The zero-order valence-corrected chi connectivity index (χ0v) is 47.2. The molecule has 16 heteroatoms. The average Bonchev–Trinajstić information content (AvgIpc) is 4.10. The van der Waals surface area contributed by atoms with Crippen molar-refractivity contribution >= 4 is 46.0 Å². The number of aryl methyl sites for hydroxylation is 1. The fourth-order valence-corrected chi connectivity index (χ4v) is 10.0. The molecule has 5 aromatic rings. The third kappa shape index (κ3) is 19.4. The Balaban J connectivity index is 0.753. The Bertz CT molecular complexity index is 2640. The summed E-state index contributed by atoms with van der Waals surface area (Å²) in [4.78, 5) is 61.8. The van der Waals surface area contributed by atoms with Gasteiger partial charge < -0.3 is 48.6 Å². The standard InChI is InChI=1S/C62H80N4O11S/c1-7-54(47-14-10-8-11-15-47)58(48-16-12-9-13-17-48)49-22-24-53(25-23-49)77-31-28-65(6)57(69)27-30-73-33-35-75-37-39-76-38-36-74-34-32-72-29-26-51(67)40-55(62(3,4)5)61(71)66-43-52(68)41-56(66)60(70)63-42-46-18-20-50(21-19-46)59-45(2)64-44-78-59/h8-25,44,52,55-56,68H,7,26-43H2,1-6H3,(H,63,70)/b58-54-/t52-,55-,56+/m1/s1. The van der Waals surface area contributed by atoms with E-state index in [0.29, 0.717) is 72.6 Å². The molecule has 1 aliphatic heterocycles. The van der Waals surface area contributed by atoms with E-state index in [1.165, 1.54) is 27.2 Å². The molecule has 420 valence electrons. The molecule has 6 rings (SSSR count). The predicted molar refractivity (Wildman–Crippen MR) is 305 cm³/mol. The average molecular weight is 1090 g/mol. The summed E-state index contributed by atoms with van der Waals surface area (Å²) in [5.41, 5.74) is 10.2. The first-order chi connectivity index (χ1) is 37.7. The zero-order valence-electron chi connectivity index (χ0n) is 46.4. The monoisotopic (exact) mass is 1090 g/mol. The maximum absolute atomic E-state index is 14.0. The summed E-state index contributed by atoms with van der Waals surface area (Å²) in [5, 5.41) is 13.5. The number of nitrogens with zero attached hydrogens (tertiary/aromatic N) is 3. The number of carbonyl (C=O) groups excluding carboxylic acids is 4. The van der Waals surface area contributed by atoms with Gasteiger partial charge >= 0.3 is 0 Å². The smallest absolute Gasteiger partial charge is 0.243 e. The first-order valence-electron chi connectivity index (χ1n) is 27.2. The van der Waals surface area contributed by atoms with Crippen LogP contribution >= 0.6 is 11.3 Å². The highest BCUT2D eigenvalue weighted by Gasteiger charge is 2.44. The number of hydrogen-bond donors (Lipinski definition) is 2. The number of carbonyl (C=O) groups is 4. The number of thiazole rings is 1. The Morgan fingerprint density at radius 1 is 0.731 bits per heavy atom. The van der Waals surface area contributed by atoms with Gasteiger partial charge in [-0.3, -0.25) is 19.2 Å². The molecule has 0 unspecified atom stereocenters. The molecule has 78 heavy (non-hydrogen) atoms. The van der Waals surface area contributed by atoms with Crippen LogP contribution in [-0.4, -0.2) is 148 Å². The fourth-order valence-electron chi connectivity index (χ4n) is 9.21. The van der Waals surface area contributed by atoms with Crippen molar-refractivity contribution in [2.75, 3.05) is 92.8 Å². The van der Waals surface area contributed by atoms with Gasteiger partial charge in [0.1, 0.15) is 24.2 Å². The van der Waals surface area contributed by atoms with Gasteiger partial charge in [0, 0.05) is 45.3 Å². The molecule has 3 atom stereocenters. The minimum Gasteiger partial charge on any atom is -0.492 e. The number of ether oxygens (including phenoxy) is 6. The second-order valence-corrected chi connectivity index (χ2v) is 21.3. The van der Waals surface area contributed by atoms with E-state index >= 15 is 0 Å². The first kappa shape index (κ1) is 61.1. The molecule has 0 aliphatic carbocycles. The van der Waals surface area contributed by atoms with Gasteiger partial charge in [-0.1, -0.05) is 125 Å². The number of hydrogen-bond acceptors (Lipinski definition) is 13. The van der Waals surface area contributed by atoms with Crippen LogP contribution in [0.2, 0.25) is 0 Å². The lowest BCUT2D eigenvalue weighted by atomic mass is 9.76. The largest absolute Gasteiger partial charge is 0.492 e. The topological polar surface area (TPSA) is 175 Å². The van der Waals surface area contributed by atoms with Gasteiger partial charge in [-0.05, 0) is 69.9 Å². The Labute approximate surface area is 465 Å². The first-order valence-corrected chi connectivity index (χ1v) is 28.1. The highest BCUT2D eigenvalue weighted by atomic mass is 32.1.